The van der Waals surface area contributed by atoms with E-state index in [2.05, 4.69) is 30.9 Å². The number of carboxylic acid groups (broad SMARTS) is 1. The van der Waals surface area contributed by atoms with Crippen LogP contribution >= 0.6 is 15.9 Å². The summed E-state index contributed by atoms with van der Waals surface area (Å²) in [6.07, 6.45) is 2.45. The van der Waals surface area contributed by atoms with Crippen molar-refractivity contribution in [1.82, 2.24) is 19.9 Å². The first-order valence-electron chi connectivity index (χ1n) is 5.66. The molecule has 0 aliphatic carbocycles. The largest absolute Gasteiger partial charge is 0.465 e. The zero-order valence-corrected chi connectivity index (χ0v) is 11.0. The van der Waals surface area contributed by atoms with E-state index in [-0.39, 0.29) is 6.04 Å². The second kappa shape index (κ2) is 4.24. The molecule has 1 saturated heterocycles. The van der Waals surface area contributed by atoms with Crippen LogP contribution in [0.4, 0.5) is 4.79 Å². The average Bonchev–Trinajstić information content (AvgIpc) is 2.93. The Morgan fingerprint density at radius 3 is 3.22 bits per heavy atom. The van der Waals surface area contributed by atoms with Crippen molar-refractivity contribution in [2.75, 3.05) is 6.54 Å². The van der Waals surface area contributed by atoms with Gasteiger partial charge >= 0.3 is 6.09 Å². The van der Waals surface area contributed by atoms with Crippen molar-refractivity contribution in [3.8, 4) is 0 Å². The van der Waals surface area contributed by atoms with E-state index in [4.69, 9.17) is 5.11 Å². The lowest BCUT2D eigenvalue weighted by Gasteiger charge is -2.18. The van der Waals surface area contributed by atoms with Crippen molar-refractivity contribution in [3.05, 3.63) is 22.6 Å². The number of halogens is 1. The number of carbonyl (C=O) groups is 1. The number of hydrogen-bond donors (Lipinski definition) is 2. The first-order valence-corrected chi connectivity index (χ1v) is 6.45. The lowest BCUT2D eigenvalue weighted by Crippen LogP contribution is -2.29. The van der Waals surface area contributed by atoms with Crippen LogP contribution in [0.3, 0.4) is 0 Å². The summed E-state index contributed by atoms with van der Waals surface area (Å²) in [4.78, 5) is 24.3. The molecule has 0 aromatic carbocycles. The van der Waals surface area contributed by atoms with Crippen LogP contribution < -0.4 is 0 Å². The van der Waals surface area contributed by atoms with Gasteiger partial charge in [0.15, 0.2) is 5.65 Å². The SMILES string of the molecule is O=C(O)N1CCC[C@H]1c1nc2ncc(Br)cc2[nH]1. The normalized spacial score (nSPS) is 19.6. The first kappa shape index (κ1) is 11.5. The van der Waals surface area contributed by atoms with Gasteiger partial charge in [0.05, 0.1) is 11.6 Å². The van der Waals surface area contributed by atoms with Crippen molar-refractivity contribution in [2.24, 2.45) is 0 Å². The second-order valence-corrected chi connectivity index (χ2v) is 5.20. The molecule has 3 heterocycles. The molecule has 0 spiro atoms. The van der Waals surface area contributed by atoms with Crippen molar-refractivity contribution >= 4 is 33.2 Å². The predicted molar refractivity (Wildman–Crippen MR) is 68.3 cm³/mol. The maximum atomic E-state index is 11.1. The predicted octanol–water partition coefficient (Wildman–Crippen LogP) is 2.54. The van der Waals surface area contributed by atoms with Gasteiger partial charge in [0.1, 0.15) is 5.82 Å². The second-order valence-electron chi connectivity index (χ2n) is 4.28. The third-order valence-electron chi connectivity index (χ3n) is 3.14. The molecule has 0 radical (unpaired) electrons. The summed E-state index contributed by atoms with van der Waals surface area (Å²) in [7, 11) is 0. The van der Waals surface area contributed by atoms with Crippen LogP contribution in [0.1, 0.15) is 24.7 Å². The van der Waals surface area contributed by atoms with Crippen molar-refractivity contribution in [2.45, 2.75) is 18.9 Å². The standard InChI is InChI=1S/C11H11BrN4O2/c12-6-4-7-9(13-5-6)15-10(14-7)8-2-1-3-16(8)11(17)18/h4-5,8H,1-3H2,(H,17,18)(H,13,14,15)/t8-/m0/s1. The number of H-pyrrole nitrogens is 1. The fourth-order valence-electron chi connectivity index (χ4n) is 2.33. The van der Waals surface area contributed by atoms with Gasteiger partial charge in [-0.15, -0.1) is 0 Å². The number of nitrogens with zero attached hydrogens (tertiary/aromatic N) is 3. The summed E-state index contributed by atoms with van der Waals surface area (Å²) in [6.45, 7) is 0.564. The fourth-order valence-corrected chi connectivity index (χ4v) is 2.66. The van der Waals surface area contributed by atoms with Gasteiger partial charge in [-0.05, 0) is 34.8 Å². The number of hydrogen-bond acceptors (Lipinski definition) is 3. The van der Waals surface area contributed by atoms with Crippen LogP contribution in [-0.2, 0) is 0 Å². The Balaban J connectivity index is 2.01. The molecule has 2 aromatic rings. The number of nitrogens with one attached hydrogen (secondary N) is 1. The lowest BCUT2D eigenvalue weighted by molar-refractivity contribution is 0.139. The Kier molecular flexibility index (Phi) is 2.70. The lowest BCUT2D eigenvalue weighted by atomic mass is 10.2. The van der Waals surface area contributed by atoms with E-state index >= 15 is 0 Å². The molecule has 0 saturated carbocycles. The molecular formula is C11H11BrN4O2. The third-order valence-corrected chi connectivity index (χ3v) is 3.57. The van der Waals surface area contributed by atoms with Crippen molar-refractivity contribution < 1.29 is 9.90 Å². The highest BCUT2D eigenvalue weighted by molar-refractivity contribution is 9.10. The number of aromatic amines is 1. The molecule has 1 amide bonds. The van der Waals surface area contributed by atoms with Gasteiger partial charge in [-0.1, -0.05) is 0 Å². The van der Waals surface area contributed by atoms with E-state index in [0.29, 0.717) is 18.0 Å². The Labute approximate surface area is 111 Å². The number of aromatic nitrogens is 3. The Morgan fingerprint density at radius 2 is 2.44 bits per heavy atom. The van der Waals surface area contributed by atoms with Crippen LogP contribution in [-0.4, -0.2) is 37.6 Å². The van der Waals surface area contributed by atoms with Gasteiger partial charge < -0.3 is 10.1 Å². The van der Waals surface area contributed by atoms with E-state index < -0.39 is 6.09 Å². The van der Waals surface area contributed by atoms with E-state index in [1.54, 1.807) is 6.20 Å². The molecule has 1 aliphatic heterocycles. The molecule has 3 rings (SSSR count). The van der Waals surface area contributed by atoms with E-state index in [1.165, 1.54) is 4.90 Å². The molecule has 0 unspecified atom stereocenters. The van der Waals surface area contributed by atoms with E-state index in [1.807, 2.05) is 6.07 Å². The minimum absolute atomic E-state index is 0.185. The van der Waals surface area contributed by atoms with Gasteiger partial charge in [0, 0.05) is 17.2 Å². The average molecular weight is 311 g/mol. The minimum atomic E-state index is -0.896. The Hall–Kier alpha value is -1.63. The maximum absolute atomic E-state index is 11.1. The summed E-state index contributed by atoms with van der Waals surface area (Å²) in [5, 5.41) is 9.13. The van der Waals surface area contributed by atoms with Gasteiger partial charge in [-0.2, -0.15) is 0 Å². The van der Waals surface area contributed by atoms with Crippen molar-refractivity contribution in [1.29, 1.82) is 0 Å². The topological polar surface area (TPSA) is 82.1 Å². The summed E-state index contributed by atoms with van der Waals surface area (Å²) < 4.78 is 0.867. The van der Waals surface area contributed by atoms with E-state index in [9.17, 15) is 4.79 Å². The van der Waals surface area contributed by atoms with Gasteiger partial charge in [-0.25, -0.2) is 14.8 Å². The Bertz CT molecular complexity index is 612. The van der Waals surface area contributed by atoms with Crippen LogP contribution in [0.25, 0.3) is 11.2 Å². The monoisotopic (exact) mass is 310 g/mol. The molecule has 7 heteroatoms. The number of rotatable bonds is 1. The third kappa shape index (κ3) is 1.84. The molecule has 6 nitrogen and oxygen atoms in total. The Morgan fingerprint density at radius 1 is 1.61 bits per heavy atom. The molecule has 1 aliphatic rings. The molecule has 94 valence electrons. The van der Waals surface area contributed by atoms with E-state index in [0.717, 1.165) is 22.8 Å². The molecule has 1 fully saturated rings. The highest BCUT2D eigenvalue weighted by Crippen LogP contribution is 2.31. The number of imidazole rings is 1. The van der Waals surface area contributed by atoms with Crippen LogP contribution in [0.5, 0.6) is 0 Å². The number of pyridine rings is 1. The smallest absolute Gasteiger partial charge is 0.407 e. The first-order chi connectivity index (χ1) is 8.65. The summed E-state index contributed by atoms with van der Waals surface area (Å²) in [6, 6.07) is 1.70. The molecule has 1 atom stereocenters. The number of amides is 1. The molecule has 2 N–H and O–H groups in total. The van der Waals surface area contributed by atoms with Crippen LogP contribution in [0.2, 0.25) is 0 Å². The van der Waals surface area contributed by atoms with Gasteiger partial charge in [0.25, 0.3) is 0 Å². The molecule has 0 bridgehead atoms. The summed E-state index contributed by atoms with van der Waals surface area (Å²) >= 11 is 3.35. The minimum Gasteiger partial charge on any atom is -0.465 e. The highest BCUT2D eigenvalue weighted by Gasteiger charge is 2.32. The fraction of sp³-hybridized carbons (Fsp3) is 0.364. The van der Waals surface area contributed by atoms with Gasteiger partial charge in [-0.3, -0.25) is 4.90 Å². The number of fused-ring (bicyclic) bond motifs is 1. The summed E-state index contributed by atoms with van der Waals surface area (Å²) in [5.74, 6) is 0.676. The van der Waals surface area contributed by atoms with Gasteiger partial charge in [0.2, 0.25) is 0 Å². The number of likely N-dealkylation sites (tertiary alicyclic amines) is 1. The quantitative estimate of drug-likeness (QED) is 0.848. The van der Waals surface area contributed by atoms with Crippen LogP contribution in [0, 0.1) is 0 Å². The molecule has 18 heavy (non-hydrogen) atoms. The highest BCUT2D eigenvalue weighted by atomic mass is 79.9. The molecular weight excluding hydrogens is 300 g/mol. The zero-order valence-electron chi connectivity index (χ0n) is 9.43. The maximum Gasteiger partial charge on any atom is 0.407 e. The molecule has 2 aromatic heterocycles. The summed E-state index contributed by atoms with van der Waals surface area (Å²) in [5.41, 5.74) is 1.43. The van der Waals surface area contributed by atoms with Crippen LogP contribution in [0.15, 0.2) is 16.7 Å². The van der Waals surface area contributed by atoms with Crippen molar-refractivity contribution in [3.63, 3.8) is 0 Å². The zero-order chi connectivity index (χ0) is 12.7.